The van der Waals surface area contributed by atoms with Crippen LogP contribution in [0.4, 0.5) is 0 Å². The molecule has 1 aromatic rings. The van der Waals surface area contributed by atoms with E-state index in [1.165, 1.54) is 22.4 Å². The smallest absolute Gasteiger partial charge is 0.338 e. The van der Waals surface area contributed by atoms with E-state index in [-0.39, 0.29) is 36.7 Å². The number of halogens is 2. The van der Waals surface area contributed by atoms with Crippen LogP contribution in [0.3, 0.4) is 0 Å². The maximum Gasteiger partial charge on any atom is 0.338 e. The first kappa shape index (κ1) is 38.6. The van der Waals surface area contributed by atoms with Crippen LogP contribution >= 0.6 is 0 Å². The fourth-order valence-corrected chi connectivity index (χ4v) is 4.02. The minimum Gasteiger partial charge on any atom is -1.00 e. The van der Waals surface area contributed by atoms with E-state index < -0.39 is 0 Å². The Morgan fingerprint density at radius 1 is 0.949 bits per heavy atom. The molecule has 0 saturated carbocycles. The van der Waals surface area contributed by atoms with Gasteiger partial charge in [0.1, 0.15) is 11.9 Å². The van der Waals surface area contributed by atoms with Crippen LogP contribution in [0.25, 0.3) is 0 Å². The van der Waals surface area contributed by atoms with Crippen molar-refractivity contribution in [3.05, 3.63) is 64.8 Å². The number of imidazole rings is 1. The lowest BCUT2D eigenvalue weighted by Gasteiger charge is -2.04. The lowest BCUT2D eigenvalue weighted by atomic mass is 10.0. The average molecular weight is 584 g/mol. The van der Waals surface area contributed by atoms with E-state index in [0.717, 1.165) is 70.0 Å². The maximum absolute atomic E-state index is 12.3. The Kier molecular flexibility index (Phi) is 22.1. The summed E-state index contributed by atoms with van der Waals surface area (Å²) < 4.78 is 4.25. The number of amides is 1. The van der Waals surface area contributed by atoms with Crippen molar-refractivity contribution in [1.29, 1.82) is 0 Å². The van der Waals surface area contributed by atoms with E-state index >= 15 is 0 Å². The van der Waals surface area contributed by atoms with Gasteiger partial charge in [-0.3, -0.25) is 21.3 Å². The van der Waals surface area contributed by atoms with Gasteiger partial charge in [0.2, 0.25) is 12.2 Å². The third-order valence-corrected chi connectivity index (χ3v) is 6.22. The number of carbonyl (C=O) groups excluding carboxylic acids is 1. The molecule has 9 heteroatoms. The first-order chi connectivity index (χ1) is 17.6. The fourth-order valence-electron chi connectivity index (χ4n) is 4.02. The third-order valence-electron chi connectivity index (χ3n) is 6.22. The number of nitrogens with one attached hydrogen (secondary N) is 2. The number of nitrogens with two attached hydrogens (primary N) is 2. The molecule has 0 aromatic carbocycles. The average Bonchev–Trinajstić information content (AvgIpc) is 3.15. The van der Waals surface area contributed by atoms with E-state index in [9.17, 15) is 4.79 Å². The number of carbonyl (C=O) groups is 1. The summed E-state index contributed by atoms with van der Waals surface area (Å²) in [5, 5.41) is 3.02. The predicted octanol–water partition coefficient (Wildman–Crippen LogP) is -3.13. The van der Waals surface area contributed by atoms with Gasteiger partial charge in [-0.2, -0.15) is 0 Å². The van der Waals surface area contributed by atoms with Crippen LogP contribution in [0, 0.1) is 0 Å². The predicted molar refractivity (Wildman–Crippen MR) is 155 cm³/mol. The lowest BCUT2D eigenvalue weighted by Crippen LogP contribution is -3.00. The van der Waals surface area contributed by atoms with Crippen LogP contribution in [0.1, 0.15) is 85.3 Å². The topological polar surface area (TPSA) is 104 Å². The van der Waals surface area contributed by atoms with Gasteiger partial charge < -0.3 is 30.1 Å². The van der Waals surface area contributed by atoms with E-state index in [1.807, 2.05) is 14.0 Å². The summed E-state index contributed by atoms with van der Waals surface area (Å²) in [5.74, 6) is 0.237. The molecule has 6 N–H and O–H groups in total. The molecule has 0 saturated heterocycles. The molecule has 0 aliphatic rings. The quantitative estimate of drug-likeness (QED) is 0.0390. The van der Waals surface area contributed by atoms with Crippen molar-refractivity contribution in [2.75, 3.05) is 13.1 Å². The minimum absolute atomic E-state index is 0. The highest BCUT2D eigenvalue weighted by molar-refractivity contribution is 5.88. The number of allylic oxidation sites excluding steroid dienone is 7. The van der Waals surface area contributed by atoms with E-state index in [2.05, 4.69) is 77.9 Å². The van der Waals surface area contributed by atoms with Crippen molar-refractivity contribution in [1.82, 2.24) is 9.88 Å². The molecule has 7 nitrogen and oxygen atoms in total. The van der Waals surface area contributed by atoms with Gasteiger partial charge in [0.25, 0.3) is 0 Å². The van der Waals surface area contributed by atoms with Crippen LogP contribution in [0.2, 0.25) is 0 Å². The number of aryl methyl sites for hydroxylation is 2. The largest absolute Gasteiger partial charge is 1.00 e. The van der Waals surface area contributed by atoms with Crippen LogP contribution in [0.15, 0.2) is 59.1 Å². The zero-order valence-electron chi connectivity index (χ0n) is 25.0. The van der Waals surface area contributed by atoms with Crippen LogP contribution in [-0.4, -0.2) is 29.5 Å². The highest BCUT2D eigenvalue weighted by Gasteiger charge is 2.10. The Balaban J connectivity index is 0. The van der Waals surface area contributed by atoms with Crippen molar-refractivity contribution in [2.24, 2.45) is 18.5 Å². The standard InChI is InChI=1S/C30H50N6O.2ClH/c1-24(2)11-7-12-25(3)13-8-14-26(4)15-9-16-27(5)21-29(37)33-19-17-28-22-36(23-35(28)6)20-10-18-34-30(31)32;;/h11,13,15,21-23H,7-10,12,14,16-20H2,1-6H3,(H4-,31,32,33,34,37);2*1H/b25-13+,26-15+,27-21+;;. The number of nitrogens with zero attached hydrogens (tertiary/aromatic N) is 2. The molecule has 0 bridgehead atoms. The molecular weight excluding hydrogens is 531 g/mol. The lowest BCUT2D eigenvalue weighted by molar-refractivity contribution is -0.699. The Hall–Kier alpha value is -2.51. The summed E-state index contributed by atoms with van der Waals surface area (Å²) in [4.78, 5) is 15.3. The molecule has 0 fully saturated rings. The zero-order valence-corrected chi connectivity index (χ0v) is 26.5. The summed E-state index contributed by atoms with van der Waals surface area (Å²) in [7, 11) is 2.03. The molecule has 222 valence electrons. The van der Waals surface area contributed by atoms with Crippen molar-refractivity contribution in [3.63, 3.8) is 0 Å². The molecule has 0 radical (unpaired) electrons. The highest BCUT2D eigenvalue weighted by atomic mass is 35.5. The van der Waals surface area contributed by atoms with Crippen molar-refractivity contribution < 1.29 is 39.2 Å². The molecule has 1 amide bonds. The van der Waals surface area contributed by atoms with Crippen molar-refractivity contribution >= 4 is 11.9 Å². The highest BCUT2D eigenvalue weighted by Crippen LogP contribution is 2.13. The van der Waals surface area contributed by atoms with Crippen LogP contribution < -0.4 is 51.2 Å². The second-order valence-corrected chi connectivity index (χ2v) is 10.4. The molecule has 0 aliphatic carbocycles. The second-order valence-electron chi connectivity index (χ2n) is 10.4. The van der Waals surface area contributed by atoms with Gasteiger partial charge >= 0.3 is 5.96 Å². The summed E-state index contributed by atoms with van der Waals surface area (Å²) in [6.45, 7) is 13.0. The molecule has 0 unspecified atom stereocenters. The van der Waals surface area contributed by atoms with Crippen LogP contribution in [0.5, 0.6) is 0 Å². The van der Waals surface area contributed by atoms with E-state index in [0.29, 0.717) is 6.54 Å². The molecule has 0 aliphatic heterocycles. The molecule has 1 heterocycles. The zero-order chi connectivity index (χ0) is 27.6. The SMILES string of the molecule is CC(C)=CCC/C(C)=C/CC/C(C)=C/CC/C(C)=C/C(=O)NCCc1c[n+](CCC[NH+]=C(N)N)cn1C.[Cl-].[Cl-]. The number of guanidine groups is 1. The van der Waals surface area contributed by atoms with Gasteiger partial charge in [-0.1, -0.05) is 40.5 Å². The van der Waals surface area contributed by atoms with Crippen molar-refractivity contribution in [2.45, 2.75) is 92.5 Å². The summed E-state index contributed by atoms with van der Waals surface area (Å²) in [5.41, 5.74) is 17.4. The number of hydrogen-bond donors (Lipinski definition) is 4. The normalized spacial score (nSPS) is 11.8. The first-order valence-corrected chi connectivity index (χ1v) is 13.6. The van der Waals surface area contributed by atoms with Gasteiger partial charge in [-0.05, 0) is 73.1 Å². The number of aromatic nitrogens is 2. The van der Waals surface area contributed by atoms with Crippen molar-refractivity contribution in [3.8, 4) is 0 Å². The summed E-state index contributed by atoms with van der Waals surface area (Å²) in [6, 6.07) is 0. The molecule has 0 atom stereocenters. The second kappa shape index (κ2) is 22.3. The van der Waals surface area contributed by atoms with Gasteiger partial charge in [-0.25, -0.2) is 9.13 Å². The summed E-state index contributed by atoms with van der Waals surface area (Å²) >= 11 is 0. The molecular formula is C30H52Cl2N6O. The summed E-state index contributed by atoms with van der Waals surface area (Å²) in [6.07, 6.45) is 21.0. The van der Waals surface area contributed by atoms with E-state index in [1.54, 1.807) is 6.08 Å². The first-order valence-electron chi connectivity index (χ1n) is 13.6. The van der Waals surface area contributed by atoms with Gasteiger partial charge in [-0.15, -0.1) is 0 Å². The molecule has 1 rings (SSSR count). The van der Waals surface area contributed by atoms with Crippen LogP contribution in [-0.2, 0) is 24.8 Å². The fraction of sp³-hybridized carbons (Fsp3) is 0.567. The molecule has 0 spiro atoms. The van der Waals surface area contributed by atoms with Gasteiger partial charge in [0.15, 0.2) is 0 Å². The molecule has 39 heavy (non-hydrogen) atoms. The minimum atomic E-state index is -0.0179. The Morgan fingerprint density at radius 3 is 2.08 bits per heavy atom. The monoisotopic (exact) mass is 582 g/mol. The molecule has 1 aromatic heterocycles. The van der Waals surface area contributed by atoms with E-state index in [4.69, 9.17) is 11.5 Å². The van der Waals surface area contributed by atoms with Gasteiger partial charge in [0.05, 0.1) is 20.1 Å². The Morgan fingerprint density at radius 2 is 1.51 bits per heavy atom. The van der Waals surface area contributed by atoms with Gasteiger partial charge in [0, 0.05) is 25.5 Å². The third kappa shape index (κ3) is 20.1. The Bertz CT molecular complexity index is 997. The number of rotatable bonds is 17. The Labute approximate surface area is 249 Å². The maximum atomic E-state index is 12.3. The number of hydrogen-bond acceptors (Lipinski definition) is 1.